The number of rotatable bonds is 2. The summed E-state index contributed by atoms with van der Waals surface area (Å²) in [5.41, 5.74) is 0.718. The summed E-state index contributed by atoms with van der Waals surface area (Å²) >= 11 is 5.85. The second kappa shape index (κ2) is 3.83. The first-order chi connectivity index (χ1) is 8.42. The molecule has 2 bridgehead atoms. The number of hydrogen-bond donors (Lipinski definition) is 1. The van der Waals surface area contributed by atoms with Gasteiger partial charge in [-0.05, 0) is 53.7 Å². The lowest BCUT2D eigenvalue weighted by molar-refractivity contribution is 0.155. The highest BCUT2D eigenvalue weighted by Crippen LogP contribution is 2.62. The highest BCUT2D eigenvalue weighted by Gasteiger charge is 2.59. The van der Waals surface area contributed by atoms with Crippen molar-refractivity contribution in [2.24, 2.45) is 16.7 Å². The summed E-state index contributed by atoms with van der Waals surface area (Å²) in [5, 5.41) is 3.92. The van der Waals surface area contributed by atoms with E-state index in [2.05, 4.69) is 36.1 Å². The van der Waals surface area contributed by atoms with Gasteiger partial charge in [-0.3, -0.25) is 0 Å². The Morgan fingerprint density at radius 2 is 2.17 bits per heavy atom. The van der Waals surface area contributed by atoms with Crippen molar-refractivity contribution >= 4 is 17.4 Å². The van der Waals surface area contributed by atoms with Crippen molar-refractivity contribution in [2.45, 2.75) is 46.1 Å². The van der Waals surface area contributed by atoms with Gasteiger partial charge in [0.15, 0.2) is 0 Å². The molecule has 1 heterocycles. The summed E-state index contributed by atoms with van der Waals surface area (Å²) in [6, 6.07) is 2.37. The molecule has 3 rings (SSSR count). The minimum absolute atomic E-state index is 0.311. The van der Waals surface area contributed by atoms with E-state index in [0.29, 0.717) is 22.2 Å². The van der Waals surface area contributed by atoms with Crippen LogP contribution in [0.3, 0.4) is 0 Å². The molecule has 0 amide bonds. The van der Waals surface area contributed by atoms with Crippen molar-refractivity contribution in [3.05, 3.63) is 17.5 Å². The number of aromatic nitrogens is 2. The van der Waals surface area contributed by atoms with Crippen LogP contribution in [0, 0.1) is 16.7 Å². The second-order valence-corrected chi connectivity index (χ2v) is 7.04. The Kier molecular flexibility index (Phi) is 2.60. The Labute approximate surface area is 113 Å². The lowest BCUT2D eigenvalue weighted by Gasteiger charge is -2.43. The number of nitrogens with zero attached hydrogens (tertiary/aromatic N) is 2. The third-order valence-electron chi connectivity index (χ3n) is 5.19. The minimum atomic E-state index is 0.311. The third kappa shape index (κ3) is 1.71. The van der Waals surface area contributed by atoms with Gasteiger partial charge in [-0.1, -0.05) is 20.8 Å². The first-order valence-electron chi connectivity index (χ1n) is 6.67. The second-order valence-electron chi connectivity index (χ2n) is 6.70. The molecule has 0 aliphatic heterocycles. The van der Waals surface area contributed by atoms with Gasteiger partial charge in [0.05, 0.1) is 0 Å². The molecule has 2 fully saturated rings. The van der Waals surface area contributed by atoms with Crippen LogP contribution in [0.15, 0.2) is 12.3 Å². The number of halogens is 1. The predicted molar refractivity (Wildman–Crippen MR) is 73.7 cm³/mol. The van der Waals surface area contributed by atoms with Gasteiger partial charge in [0.2, 0.25) is 5.28 Å². The Morgan fingerprint density at radius 1 is 1.39 bits per heavy atom. The Balaban J connectivity index is 1.88. The highest BCUT2D eigenvalue weighted by molar-refractivity contribution is 6.28. The summed E-state index contributed by atoms with van der Waals surface area (Å²) in [6.45, 7) is 7.16. The summed E-state index contributed by atoms with van der Waals surface area (Å²) in [7, 11) is 0. The van der Waals surface area contributed by atoms with E-state index in [9.17, 15) is 0 Å². The average Bonchev–Trinajstić information content (AvgIpc) is 2.76. The van der Waals surface area contributed by atoms with Crippen molar-refractivity contribution in [3.63, 3.8) is 0 Å². The first kappa shape index (κ1) is 12.2. The molecule has 1 aromatic rings. The number of fused-ring (bicyclic) bond motifs is 2. The zero-order valence-electron chi connectivity index (χ0n) is 11.2. The third-order valence-corrected chi connectivity index (χ3v) is 5.37. The van der Waals surface area contributed by atoms with Crippen molar-refractivity contribution < 1.29 is 0 Å². The lowest BCUT2D eigenvalue weighted by Crippen LogP contribution is -2.45. The normalized spacial score (nSPS) is 36.9. The standard InChI is InChI=1S/C14H20ClN3/c1-13(2)9-4-6-14(3,8-9)11(13)17-10-5-7-16-12(15)18-10/h5,7,9,11H,4,6,8H2,1-3H3,(H,16,17,18). The number of anilines is 1. The van der Waals surface area contributed by atoms with E-state index in [1.807, 2.05) is 6.07 Å². The Morgan fingerprint density at radius 3 is 2.78 bits per heavy atom. The van der Waals surface area contributed by atoms with E-state index in [-0.39, 0.29) is 0 Å². The molecule has 1 aromatic heterocycles. The molecule has 18 heavy (non-hydrogen) atoms. The molecule has 0 radical (unpaired) electrons. The molecule has 2 aliphatic carbocycles. The molecule has 2 saturated carbocycles. The van der Waals surface area contributed by atoms with E-state index in [4.69, 9.17) is 11.6 Å². The molecule has 1 N–H and O–H groups in total. The van der Waals surface area contributed by atoms with E-state index < -0.39 is 0 Å². The average molecular weight is 266 g/mol. The summed E-state index contributed by atoms with van der Waals surface area (Å²) in [4.78, 5) is 8.19. The molecule has 0 aromatic carbocycles. The molecule has 0 saturated heterocycles. The summed E-state index contributed by atoms with van der Waals surface area (Å²) in [5.74, 6) is 1.68. The van der Waals surface area contributed by atoms with Gasteiger partial charge in [0, 0.05) is 12.2 Å². The Hall–Kier alpha value is -0.830. The van der Waals surface area contributed by atoms with E-state index >= 15 is 0 Å². The van der Waals surface area contributed by atoms with Crippen molar-refractivity contribution in [2.75, 3.05) is 5.32 Å². The van der Waals surface area contributed by atoms with E-state index in [0.717, 1.165) is 11.7 Å². The van der Waals surface area contributed by atoms with Crippen LogP contribution in [0.2, 0.25) is 5.28 Å². The Bertz CT molecular complexity index is 469. The summed E-state index contributed by atoms with van der Waals surface area (Å²) in [6.07, 6.45) is 5.72. The van der Waals surface area contributed by atoms with E-state index in [1.54, 1.807) is 6.20 Å². The number of nitrogens with one attached hydrogen (secondary N) is 1. The quantitative estimate of drug-likeness (QED) is 0.828. The maximum absolute atomic E-state index is 5.85. The van der Waals surface area contributed by atoms with Gasteiger partial charge in [0.25, 0.3) is 0 Å². The largest absolute Gasteiger partial charge is 0.366 e. The summed E-state index contributed by atoms with van der Waals surface area (Å²) < 4.78 is 0. The molecule has 3 atom stereocenters. The van der Waals surface area contributed by atoms with Crippen LogP contribution in [-0.4, -0.2) is 16.0 Å². The van der Waals surface area contributed by atoms with Crippen LogP contribution in [0.25, 0.3) is 0 Å². The van der Waals surface area contributed by atoms with Gasteiger partial charge >= 0.3 is 0 Å². The molecule has 4 heteroatoms. The van der Waals surface area contributed by atoms with Crippen LogP contribution < -0.4 is 5.32 Å². The lowest BCUT2D eigenvalue weighted by atomic mass is 9.68. The molecule has 0 spiro atoms. The van der Waals surface area contributed by atoms with Gasteiger partial charge in [-0.25, -0.2) is 9.97 Å². The topological polar surface area (TPSA) is 37.8 Å². The fourth-order valence-electron chi connectivity index (χ4n) is 4.23. The smallest absolute Gasteiger partial charge is 0.224 e. The molecule has 98 valence electrons. The molecule has 3 unspecified atom stereocenters. The van der Waals surface area contributed by atoms with Crippen LogP contribution >= 0.6 is 11.6 Å². The predicted octanol–water partition coefficient (Wildman–Crippen LogP) is 3.76. The maximum atomic E-state index is 5.85. The van der Waals surface area contributed by atoms with Crippen molar-refractivity contribution in [3.8, 4) is 0 Å². The first-order valence-corrected chi connectivity index (χ1v) is 7.05. The maximum Gasteiger partial charge on any atom is 0.224 e. The van der Waals surface area contributed by atoms with Gasteiger partial charge in [-0.2, -0.15) is 0 Å². The SMILES string of the molecule is CC12CCC(C1)C(C)(C)C2Nc1ccnc(Cl)n1. The van der Waals surface area contributed by atoms with Crippen molar-refractivity contribution in [1.29, 1.82) is 0 Å². The zero-order chi connectivity index (χ0) is 13.0. The molecular weight excluding hydrogens is 246 g/mol. The number of hydrogen-bond acceptors (Lipinski definition) is 3. The fourth-order valence-corrected chi connectivity index (χ4v) is 4.37. The minimum Gasteiger partial charge on any atom is -0.366 e. The van der Waals surface area contributed by atoms with Gasteiger partial charge in [0.1, 0.15) is 5.82 Å². The van der Waals surface area contributed by atoms with Crippen LogP contribution in [0.1, 0.15) is 40.0 Å². The van der Waals surface area contributed by atoms with Gasteiger partial charge in [-0.15, -0.1) is 0 Å². The molecule has 3 nitrogen and oxygen atoms in total. The van der Waals surface area contributed by atoms with E-state index in [1.165, 1.54) is 19.3 Å². The van der Waals surface area contributed by atoms with Crippen LogP contribution in [0.5, 0.6) is 0 Å². The van der Waals surface area contributed by atoms with Crippen molar-refractivity contribution in [1.82, 2.24) is 9.97 Å². The molecular formula is C14H20ClN3. The fraction of sp³-hybridized carbons (Fsp3) is 0.714. The van der Waals surface area contributed by atoms with Gasteiger partial charge < -0.3 is 5.32 Å². The van der Waals surface area contributed by atoms with Crippen LogP contribution in [-0.2, 0) is 0 Å². The monoisotopic (exact) mass is 265 g/mol. The molecule has 2 aliphatic rings. The van der Waals surface area contributed by atoms with Crippen LogP contribution in [0.4, 0.5) is 5.82 Å². The highest BCUT2D eigenvalue weighted by atomic mass is 35.5. The zero-order valence-corrected chi connectivity index (χ0v) is 12.0.